The molecule has 1 N–H and O–H groups in total. The fourth-order valence-corrected chi connectivity index (χ4v) is 4.32. The fourth-order valence-electron chi connectivity index (χ4n) is 3.37. The normalized spacial score (nSPS) is 32.3. The van der Waals surface area contributed by atoms with Crippen LogP contribution in [0.3, 0.4) is 0 Å². The average Bonchev–Trinajstić information content (AvgIpc) is 2.42. The van der Waals surface area contributed by atoms with E-state index in [-0.39, 0.29) is 0 Å². The van der Waals surface area contributed by atoms with Gasteiger partial charge >= 0.3 is 0 Å². The van der Waals surface area contributed by atoms with Crippen LogP contribution < -0.4 is 5.32 Å². The largest absolute Gasteiger partial charge is 0.339 e. The number of carbonyl (C=O) groups excluding carboxylic acids is 1. The van der Waals surface area contributed by atoms with Crippen LogP contribution in [0.2, 0.25) is 0 Å². The lowest BCUT2D eigenvalue weighted by molar-refractivity contribution is -0.137. The van der Waals surface area contributed by atoms with E-state index >= 15 is 0 Å². The predicted molar refractivity (Wildman–Crippen MR) is 82.5 cm³/mol. The van der Waals surface area contributed by atoms with Gasteiger partial charge in [-0.1, -0.05) is 20.3 Å². The molecule has 0 radical (unpaired) electrons. The summed E-state index contributed by atoms with van der Waals surface area (Å²) in [6.45, 7) is 6.57. The molecule has 2 fully saturated rings. The Morgan fingerprint density at radius 1 is 1.47 bits per heavy atom. The molecule has 0 bridgehead atoms. The number of nitrogens with one attached hydrogen (secondary N) is 1. The van der Waals surface area contributed by atoms with E-state index < -0.39 is 0 Å². The highest BCUT2D eigenvalue weighted by molar-refractivity contribution is 7.99. The van der Waals surface area contributed by atoms with Crippen LogP contribution in [0.25, 0.3) is 0 Å². The first-order valence-corrected chi connectivity index (χ1v) is 8.98. The lowest BCUT2D eigenvalue weighted by atomic mass is 9.87. The van der Waals surface area contributed by atoms with Crippen molar-refractivity contribution in [2.75, 3.05) is 24.6 Å². The van der Waals surface area contributed by atoms with Gasteiger partial charge in [0.15, 0.2) is 0 Å². The Morgan fingerprint density at radius 3 is 3.00 bits per heavy atom. The van der Waals surface area contributed by atoms with Crippen molar-refractivity contribution in [3.8, 4) is 0 Å². The van der Waals surface area contributed by atoms with Gasteiger partial charge in [0, 0.05) is 43.1 Å². The molecule has 3 unspecified atom stereocenters. The van der Waals surface area contributed by atoms with E-state index in [1.54, 1.807) is 0 Å². The molecule has 4 heteroatoms. The van der Waals surface area contributed by atoms with Gasteiger partial charge in [0.25, 0.3) is 0 Å². The van der Waals surface area contributed by atoms with Gasteiger partial charge in [-0.25, -0.2) is 0 Å². The first-order chi connectivity index (χ1) is 9.22. The van der Waals surface area contributed by atoms with E-state index in [9.17, 15) is 4.79 Å². The molecular weight excluding hydrogens is 256 g/mol. The number of carbonyl (C=O) groups is 1. The van der Waals surface area contributed by atoms with E-state index in [1.165, 1.54) is 31.4 Å². The van der Waals surface area contributed by atoms with Crippen LogP contribution in [0.15, 0.2) is 0 Å². The summed E-state index contributed by atoms with van der Waals surface area (Å²) in [5.41, 5.74) is 0. The van der Waals surface area contributed by atoms with Crippen molar-refractivity contribution in [1.82, 2.24) is 10.2 Å². The Labute approximate surface area is 121 Å². The number of likely N-dealkylation sites (tertiary alicyclic amines) is 1. The van der Waals surface area contributed by atoms with Crippen molar-refractivity contribution in [3.63, 3.8) is 0 Å². The average molecular weight is 284 g/mol. The SMILES string of the molecule is CCCC1C(C)CCCN1C(=O)CC1CSCCN1. The number of amides is 1. The molecule has 3 nitrogen and oxygen atoms in total. The van der Waals surface area contributed by atoms with Crippen molar-refractivity contribution in [2.45, 2.75) is 58.0 Å². The maximum absolute atomic E-state index is 12.6. The van der Waals surface area contributed by atoms with Crippen molar-refractivity contribution in [2.24, 2.45) is 5.92 Å². The van der Waals surface area contributed by atoms with Crippen LogP contribution in [-0.2, 0) is 4.79 Å². The molecule has 2 saturated heterocycles. The number of rotatable bonds is 4. The number of piperidine rings is 1. The molecule has 2 rings (SSSR count). The molecule has 0 saturated carbocycles. The zero-order valence-electron chi connectivity index (χ0n) is 12.4. The highest BCUT2D eigenvalue weighted by Gasteiger charge is 2.32. The van der Waals surface area contributed by atoms with Crippen LogP contribution >= 0.6 is 11.8 Å². The third kappa shape index (κ3) is 4.12. The highest BCUT2D eigenvalue weighted by atomic mass is 32.2. The zero-order chi connectivity index (χ0) is 13.7. The van der Waals surface area contributed by atoms with Crippen LogP contribution in [0.5, 0.6) is 0 Å². The van der Waals surface area contributed by atoms with E-state index in [1.807, 2.05) is 11.8 Å². The Morgan fingerprint density at radius 2 is 2.32 bits per heavy atom. The Balaban J connectivity index is 1.91. The molecule has 0 spiro atoms. The first kappa shape index (κ1) is 15.2. The summed E-state index contributed by atoms with van der Waals surface area (Å²) in [4.78, 5) is 14.8. The standard InChI is InChI=1S/C15H28N2OS/c1-3-5-14-12(2)6-4-8-17(14)15(18)10-13-11-19-9-7-16-13/h12-14,16H,3-11H2,1-2H3. The molecule has 2 heterocycles. The van der Waals surface area contributed by atoms with Crippen LogP contribution in [0.4, 0.5) is 0 Å². The lowest BCUT2D eigenvalue weighted by Crippen LogP contribution is -2.50. The molecule has 3 atom stereocenters. The lowest BCUT2D eigenvalue weighted by Gasteiger charge is -2.41. The van der Waals surface area contributed by atoms with E-state index in [4.69, 9.17) is 0 Å². The zero-order valence-corrected chi connectivity index (χ0v) is 13.2. The van der Waals surface area contributed by atoms with Gasteiger partial charge in [0.05, 0.1) is 0 Å². The predicted octanol–water partition coefficient (Wildman–Crippen LogP) is 2.51. The van der Waals surface area contributed by atoms with Gasteiger partial charge in [0.1, 0.15) is 0 Å². The van der Waals surface area contributed by atoms with Crippen LogP contribution in [0, 0.1) is 5.92 Å². The minimum atomic E-state index is 0.380. The van der Waals surface area contributed by atoms with Gasteiger partial charge in [0.2, 0.25) is 5.91 Å². The molecule has 0 aromatic rings. The van der Waals surface area contributed by atoms with Gasteiger partial charge in [-0.3, -0.25) is 4.79 Å². The Hall–Kier alpha value is -0.220. The molecule has 2 aliphatic heterocycles. The maximum atomic E-state index is 12.6. The third-order valence-corrected chi connectivity index (χ3v) is 5.57. The van der Waals surface area contributed by atoms with Crippen molar-refractivity contribution < 1.29 is 4.79 Å². The van der Waals surface area contributed by atoms with E-state index in [2.05, 4.69) is 24.1 Å². The number of hydrogen-bond donors (Lipinski definition) is 1. The summed E-state index contributed by atoms with van der Waals surface area (Å²) in [7, 11) is 0. The minimum absolute atomic E-state index is 0.380. The van der Waals surface area contributed by atoms with E-state index in [0.717, 1.165) is 18.8 Å². The fraction of sp³-hybridized carbons (Fsp3) is 0.933. The summed E-state index contributed by atoms with van der Waals surface area (Å²) >= 11 is 1.97. The highest BCUT2D eigenvalue weighted by Crippen LogP contribution is 2.27. The smallest absolute Gasteiger partial charge is 0.224 e. The second kappa shape index (κ2) is 7.53. The summed E-state index contributed by atoms with van der Waals surface area (Å²) < 4.78 is 0. The molecular formula is C15H28N2OS. The third-order valence-electron chi connectivity index (χ3n) is 4.44. The molecule has 0 aromatic carbocycles. The van der Waals surface area contributed by atoms with Gasteiger partial charge in [-0.05, 0) is 25.2 Å². The Bertz CT molecular complexity index is 292. The van der Waals surface area contributed by atoms with Gasteiger partial charge in [-0.2, -0.15) is 11.8 Å². The minimum Gasteiger partial charge on any atom is -0.339 e. The topological polar surface area (TPSA) is 32.3 Å². The van der Waals surface area contributed by atoms with Crippen molar-refractivity contribution in [3.05, 3.63) is 0 Å². The Kier molecular flexibility index (Phi) is 6.02. The van der Waals surface area contributed by atoms with Crippen molar-refractivity contribution >= 4 is 17.7 Å². The van der Waals surface area contributed by atoms with Crippen LogP contribution in [0.1, 0.15) is 46.0 Å². The second-order valence-electron chi connectivity index (χ2n) is 5.99. The molecule has 110 valence electrons. The monoisotopic (exact) mass is 284 g/mol. The molecule has 19 heavy (non-hydrogen) atoms. The van der Waals surface area contributed by atoms with E-state index in [0.29, 0.717) is 30.3 Å². The molecule has 1 amide bonds. The maximum Gasteiger partial charge on any atom is 0.224 e. The summed E-state index contributed by atoms with van der Waals surface area (Å²) in [5.74, 6) is 3.33. The molecule has 2 aliphatic rings. The van der Waals surface area contributed by atoms with Crippen LogP contribution in [-0.4, -0.2) is 47.5 Å². The van der Waals surface area contributed by atoms with Crippen molar-refractivity contribution in [1.29, 1.82) is 0 Å². The van der Waals surface area contributed by atoms with Gasteiger partial charge in [-0.15, -0.1) is 0 Å². The number of nitrogens with zero attached hydrogens (tertiary/aromatic N) is 1. The summed E-state index contributed by atoms with van der Waals surface area (Å²) in [5, 5.41) is 3.48. The summed E-state index contributed by atoms with van der Waals surface area (Å²) in [6.07, 6.45) is 5.50. The first-order valence-electron chi connectivity index (χ1n) is 7.83. The second-order valence-corrected chi connectivity index (χ2v) is 7.14. The summed E-state index contributed by atoms with van der Waals surface area (Å²) in [6, 6.07) is 0.883. The molecule has 0 aromatic heterocycles. The molecule has 0 aliphatic carbocycles. The number of thioether (sulfide) groups is 1. The number of hydrogen-bond acceptors (Lipinski definition) is 3. The quantitative estimate of drug-likeness (QED) is 0.861. The van der Waals surface area contributed by atoms with Gasteiger partial charge < -0.3 is 10.2 Å².